The van der Waals surface area contributed by atoms with Gasteiger partial charge in [-0.15, -0.1) is 0 Å². The van der Waals surface area contributed by atoms with Crippen LogP contribution in [-0.4, -0.2) is 42.2 Å². The number of carbonyl (C=O) groups is 1. The number of hydrogen-bond donors (Lipinski definition) is 3. The molecule has 0 spiro atoms. The van der Waals surface area contributed by atoms with Gasteiger partial charge in [0.05, 0.1) is 0 Å². The number of rotatable bonds is 6. The Morgan fingerprint density at radius 2 is 1.86 bits per heavy atom. The summed E-state index contributed by atoms with van der Waals surface area (Å²) in [6.07, 6.45) is 5.53. The van der Waals surface area contributed by atoms with E-state index >= 15 is 0 Å². The first-order chi connectivity index (χ1) is 13.5. The molecule has 3 rings (SSSR count). The molecule has 1 saturated carbocycles. The van der Waals surface area contributed by atoms with Crippen molar-refractivity contribution in [1.82, 2.24) is 20.6 Å². The van der Waals surface area contributed by atoms with Gasteiger partial charge in [-0.1, -0.05) is 29.8 Å². The smallest absolute Gasteiger partial charge is 0.315 e. The van der Waals surface area contributed by atoms with E-state index in [0.717, 1.165) is 37.1 Å². The van der Waals surface area contributed by atoms with Gasteiger partial charge in [0, 0.05) is 43.9 Å². The second kappa shape index (κ2) is 9.59. The Balaban J connectivity index is 1.41. The minimum atomic E-state index is -0.154. The highest BCUT2D eigenvalue weighted by Crippen LogP contribution is 2.22. The van der Waals surface area contributed by atoms with E-state index in [0.29, 0.717) is 23.6 Å². The lowest BCUT2D eigenvalue weighted by Crippen LogP contribution is -2.44. The molecule has 28 heavy (non-hydrogen) atoms. The van der Waals surface area contributed by atoms with Crippen molar-refractivity contribution >= 4 is 29.4 Å². The lowest BCUT2D eigenvalue weighted by atomic mass is 9.91. The van der Waals surface area contributed by atoms with Gasteiger partial charge in [0.1, 0.15) is 5.82 Å². The van der Waals surface area contributed by atoms with E-state index in [9.17, 15) is 4.79 Å². The van der Waals surface area contributed by atoms with Gasteiger partial charge in [-0.2, -0.15) is 4.98 Å². The molecule has 2 amide bonds. The molecule has 150 valence electrons. The SMILES string of the molecule is CN(C)c1ccnc(N[C@H]2CC[C@@H](NC(=O)NCc3ccccc3Cl)CC2)n1. The van der Waals surface area contributed by atoms with Crippen molar-refractivity contribution < 1.29 is 4.79 Å². The van der Waals surface area contributed by atoms with Gasteiger partial charge >= 0.3 is 6.03 Å². The van der Waals surface area contributed by atoms with Crippen LogP contribution < -0.4 is 20.9 Å². The van der Waals surface area contributed by atoms with Crippen LogP contribution in [0.2, 0.25) is 5.02 Å². The van der Waals surface area contributed by atoms with Gasteiger partial charge in [0.15, 0.2) is 0 Å². The third kappa shape index (κ3) is 5.73. The highest BCUT2D eigenvalue weighted by Gasteiger charge is 2.23. The standard InChI is InChI=1S/C20H27ClN6O/c1-27(2)18-11-12-22-19(26-18)24-15-7-9-16(10-8-15)25-20(28)23-13-14-5-3-4-6-17(14)21/h3-6,11-12,15-16H,7-10,13H2,1-2H3,(H,22,24,26)(H2,23,25,28)/t15-,16+. The van der Waals surface area contributed by atoms with Crippen molar-refractivity contribution in [3.63, 3.8) is 0 Å². The van der Waals surface area contributed by atoms with Crippen LogP contribution in [-0.2, 0) is 6.54 Å². The molecule has 0 aliphatic heterocycles. The third-order valence-electron chi connectivity index (χ3n) is 4.89. The zero-order valence-electron chi connectivity index (χ0n) is 16.3. The molecular formula is C20H27ClN6O. The minimum Gasteiger partial charge on any atom is -0.363 e. The lowest BCUT2D eigenvalue weighted by molar-refractivity contribution is 0.231. The van der Waals surface area contributed by atoms with Gasteiger partial charge in [-0.05, 0) is 43.4 Å². The Labute approximate surface area is 170 Å². The van der Waals surface area contributed by atoms with Crippen LogP contribution in [0.5, 0.6) is 0 Å². The van der Waals surface area contributed by atoms with Gasteiger partial charge < -0.3 is 20.9 Å². The molecule has 1 fully saturated rings. The van der Waals surface area contributed by atoms with Crippen molar-refractivity contribution in [1.29, 1.82) is 0 Å². The van der Waals surface area contributed by atoms with E-state index in [1.807, 2.05) is 49.3 Å². The van der Waals surface area contributed by atoms with Crippen molar-refractivity contribution in [2.45, 2.75) is 44.3 Å². The van der Waals surface area contributed by atoms with Crippen LogP contribution in [0.3, 0.4) is 0 Å². The molecule has 1 aromatic heterocycles. The van der Waals surface area contributed by atoms with Crippen molar-refractivity contribution in [3.05, 3.63) is 47.1 Å². The molecule has 8 heteroatoms. The molecule has 0 atom stereocenters. The maximum atomic E-state index is 12.2. The zero-order valence-corrected chi connectivity index (χ0v) is 17.0. The van der Waals surface area contributed by atoms with E-state index in [-0.39, 0.29) is 12.1 Å². The molecule has 3 N–H and O–H groups in total. The fourth-order valence-electron chi connectivity index (χ4n) is 3.29. The van der Waals surface area contributed by atoms with Crippen LogP contribution in [0.1, 0.15) is 31.2 Å². The molecule has 2 aromatic rings. The van der Waals surface area contributed by atoms with Crippen LogP contribution >= 0.6 is 11.6 Å². The quantitative estimate of drug-likeness (QED) is 0.689. The van der Waals surface area contributed by atoms with Gasteiger partial charge in [-0.25, -0.2) is 9.78 Å². The summed E-state index contributed by atoms with van der Waals surface area (Å²) in [5.74, 6) is 1.53. The molecule has 1 aliphatic carbocycles. The largest absolute Gasteiger partial charge is 0.363 e. The summed E-state index contributed by atoms with van der Waals surface area (Å²) >= 11 is 6.12. The van der Waals surface area contributed by atoms with Crippen molar-refractivity contribution in [3.8, 4) is 0 Å². The maximum absolute atomic E-state index is 12.2. The summed E-state index contributed by atoms with van der Waals surface area (Å²) in [5.41, 5.74) is 0.909. The minimum absolute atomic E-state index is 0.154. The van der Waals surface area contributed by atoms with E-state index in [2.05, 4.69) is 25.9 Å². The summed E-state index contributed by atoms with van der Waals surface area (Å²) in [6, 6.07) is 9.74. The Bertz CT molecular complexity index is 792. The fourth-order valence-corrected chi connectivity index (χ4v) is 3.49. The summed E-state index contributed by atoms with van der Waals surface area (Å²) in [6.45, 7) is 0.419. The number of nitrogens with zero attached hydrogens (tertiary/aromatic N) is 3. The first-order valence-electron chi connectivity index (χ1n) is 9.56. The predicted octanol–water partition coefficient (Wildman–Crippen LogP) is 3.42. The number of urea groups is 1. The Hall–Kier alpha value is -2.54. The number of anilines is 2. The molecule has 1 aliphatic rings. The number of halogens is 1. The van der Waals surface area contributed by atoms with Crippen molar-refractivity contribution in [2.24, 2.45) is 0 Å². The van der Waals surface area contributed by atoms with Crippen LogP contribution in [0, 0.1) is 0 Å². The fraction of sp³-hybridized carbons (Fsp3) is 0.450. The first kappa shape index (κ1) is 20.2. The number of hydrogen-bond acceptors (Lipinski definition) is 5. The first-order valence-corrected chi connectivity index (χ1v) is 9.93. The molecular weight excluding hydrogens is 376 g/mol. The Morgan fingerprint density at radius 3 is 2.57 bits per heavy atom. The van der Waals surface area contributed by atoms with E-state index < -0.39 is 0 Å². The highest BCUT2D eigenvalue weighted by molar-refractivity contribution is 6.31. The second-order valence-corrected chi connectivity index (χ2v) is 7.65. The van der Waals surface area contributed by atoms with Crippen molar-refractivity contribution in [2.75, 3.05) is 24.3 Å². The number of aromatic nitrogens is 2. The summed E-state index contributed by atoms with van der Waals surface area (Å²) < 4.78 is 0. The summed E-state index contributed by atoms with van der Waals surface area (Å²) in [7, 11) is 3.92. The lowest BCUT2D eigenvalue weighted by Gasteiger charge is -2.29. The summed E-state index contributed by atoms with van der Waals surface area (Å²) in [5, 5.41) is 10.0. The molecule has 0 bridgehead atoms. The van der Waals surface area contributed by atoms with Gasteiger partial charge in [0.25, 0.3) is 0 Å². The molecule has 0 saturated heterocycles. The van der Waals surface area contributed by atoms with Gasteiger partial charge in [-0.3, -0.25) is 0 Å². The molecule has 0 radical (unpaired) electrons. The predicted molar refractivity (Wildman–Crippen MR) is 113 cm³/mol. The number of carbonyl (C=O) groups excluding carboxylic acids is 1. The molecule has 1 aromatic carbocycles. The Kier molecular flexibility index (Phi) is 6.92. The number of benzene rings is 1. The molecule has 1 heterocycles. The average molecular weight is 403 g/mol. The zero-order chi connectivity index (χ0) is 19.9. The highest BCUT2D eigenvalue weighted by atomic mass is 35.5. The Morgan fingerprint density at radius 1 is 1.14 bits per heavy atom. The number of nitrogens with one attached hydrogen (secondary N) is 3. The molecule has 0 unspecified atom stereocenters. The van der Waals surface area contributed by atoms with Crippen LogP contribution in [0.4, 0.5) is 16.6 Å². The topological polar surface area (TPSA) is 82.2 Å². The third-order valence-corrected chi connectivity index (χ3v) is 5.26. The van der Waals surface area contributed by atoms with E-state index in [1.165, 1.54) is 0 Å². The van der Waals surface area contributed by atoms with Gasteiger partial charge in [0.2, 0.25) is 5.95 Å². The van der Waals surface area contributed by atoms with Crippen LogP contribution in [0.15, 0.2) is 36.5 Å². The molecule has 7 nitrogen and oxygen atoms in total. The second-order valence-electron chi connectivity index (χ2n) is 7.24. The van der Waals surface area contributed by atoms with E-state index in [1.54, 1.807) is 6.20 Å². The van der Waals surface area contributed by atoms with Crippen LogP contribution in [0.25, 0.3) is 0 Å². The normalized spacial score (nSPS) is 19.0. The summed E-state index contributed by atoms with van der Waals surface area (Å²) in [4.78, 5) is 22.9. The maximum Gasteiger partial charge on any atom is 0.315 e. The number of amides is 2. The monoisotopic (exact) mass is 402 g/mol. The average Bonchev–Trinajstić information content (AvgIpc) is 2.69. The van der Waals surface area contributed by atoms with E-state index in [4.69, 9.17) is 11.6 Å².